The minimum Gasteiger partial charge on any atom is -0.481 e. The van der Waals surface area contributed by atoms with Crippen molar-refractivity contribution in [1.82, 2.24) is 4.90 Å². The number of aliphatic carboxylic acids is 1. The number of hydrogen-bond donors (Lipinski definition) is 1. The maximum absolute atomic E-state index is 12.9. The summed E-state index contributed by atoms with van der Waals surface area (Å²) in [5.41, 5.74) is -0.186. The van der Waals surface area contributed by atoms with E-state index in [1.807, 2.05) is 11.8 Å². The van der Waals surface area contributed by atoms with Gasteiger partial charge in [-0.05, 0) is 37.5 Å². The molecule has 0 radical (unpaired) electrons. The van der Waals surface area contributed by atoms with E-state index >= 15 is 0 Å². The molecule has 1 aliphatic carbocycles. The standard InChI is InChI=1S/C16H27NO3/c1-11(2)8-16(5-4-6-16)15(20)17-9-12(3)7-13(10-17)14(18)19/h11-13H,4-10H2,1-3H3,(H,18,19). The van der Waals surface area contributed by atoms with E-state index in [1.165, 1.54) is 0 Å². The van der Waals surface area contributed by atoms with Crippen LogP contribution in [-0.2, 0) is 9.59 Å². The van der Waals surface area contributed by atoms with Crippen molar-refractivity contribution < 1.29 is 14.7 Å². The van der Waals surface area contributed by atoms with Crippen LogP contribution in [-0.4, -0.2) is 35.0 Å². The van der Waals surface area contributed by atoms with E-state index in [1.54, 1.807) is 0 Å². The summed E-state index contributed by atoms with van der Waals surface area (Å²) < 4.78 is 0. The van der Waals surface area contributed by atoms with Crippen LogP contribution in [0.25, 0.3) is 0 Å². The molecule has 0 aromatic rings. The van der Waals surface area contributed by atoms with Crippen molar-refractivity contribution in [3.05, 3.63) is 0 Å². The highest BCUT2D eigenvalue weighted by molar-refractivity contribution is 5.84. The first-order valence-corrected chi connectivity index (χ1v) is 7.86. The van der Waals surface area contributed by atoms with Gasteiger partial charge in [-0.15, -0.1) is 0 Å². The van der Waals surface area contributed by atoms with Gasteiger partial charge in [-0.1, -0.05) is 27.2 Å². The van der Waals surface area contributed by atoms with Crippen LogP contribution in [0.15, 0.2) is 0 Å². The molecule has 20 heavy (non-hydrogen) atoms. The van der Waals surface area contributed by atoms with Gasteiger partial charge in [-0.25, -0.2) is 0 Å². The Bertz CT molecular complexity index is 387. The number of piperidine rings is 1. The number of hydrogen-bond acceptors (Lipinski definition) is 2. The molecule has 4 nitrogen and oxygen atoms in total. The fraction of sp³-hybridized carbons (Fsp3) is 0.875. The normalized spacial score (nSPS) is 29.1. The molecule has 2 unspecified atom stereocenters. The molecular weight excluding hydrogens is 254 g/mol. The first-order valence-electron chi connectivity index (χ1n) is 7.86. The van der Waals surface area contributed by atoms with Crippen LogP contribution in [0.2, 0.25) is 0 Å². The highest BCUT2D eigenvalue weighted by Gasteiger charge is 2.47. The minimum absolute atomic E-state index is 0.186. The molecule has 114 valence electrons. The summed E-state index contributed by atoms with van der Waals surface area (Å²) in [5, 5.41) is 9.24. The van der Waals surface area contributed by atoms with Gasteiger partial charge in [0.2, 0.25) is 5.91 Å². The quantitative estimate of drug-likeness (QED) is 0.862. The topological polar surface area (TPSA) is 57.6 Å². The smallest absolute Gasteiger partial charge is 0.308 e. The zero-order valence-electron chi connectivity index (χ0n) is 12.9. The van der Waals surface area contributed by atoms with Gasteiger partial charge < -0.3 is 10.0 Å². The van der Waals surface area contributed by atoms with Crippen molar-refractivity contribution in [3.63, 3.8) is 0 Å². The lowest BCUT2D eigenvalue weighted by Gasteiger charge is -2.47. The summed E-state index contributed by atoms with van der Waals surface area (Å²) in [7, 11) is 0. The van der Waals surface area contributed by atoms with Crippen molar-refractivity contribution in [2.75, 3.05) is 13.1 Å². The van der Waals surface area contributed by atoms with Crippen LogP contribution in [0, 0.1) is 23.2 Å². The average molecular weight is 281 g/mol. The number of carboxylic acids is 1. The highest BCUT2D eigenvalue weighted by atomic mass is 16.4. The summed E-state index contributed by atoms with van der Waals surface area (Å²) in [4.78, 5) is 26.0. The van der Waals surface area contributed by atoms with Gasteiger partial charge >= 0.3 is 5.97 Å². The molecular formula is C16H27NO3. The Labute approximate surface area is 121 Å². The zero-order chi connectivity index (χ0) is 14.9. The van der Waals surface area contributed by atoms with E-state index in [9.17, 15) is 14.7 Å². The second kappa shape index (κ2) is 5.74. The number of carbonyl (C=O) groups excluding carboxylic acids is 1. The van der Waals surface area contributed by atoms with Gasteiger partial charge in [0.15, 0.2) is 0 Å². The third-order valence-electron chi connectivity index (χ3n) is 4.86. The van der Waals surface area contributed by atoms with Gasteiger partial charge in [0.05, 0.1) is 5.92 Å². The van der Waals surface area contributed by atoms with Crippen molar-refractivity contribution in [2.45, 2.75) is 52.9 Å². The molecule has 0 aromatic carbocycles. The Hall–Kier alpha value is -1.06. The Kier molecular flexibility index (Phi) is 4.40. The van der Waals surface area contributed by atoms with Gasteiger partial charge in [0.25, 0.3) is 0 Å². The van der Waals surface area contributed by atoms with Gasteiger partial charge in [-0.3, -0.25) is 9.59 Å². The number of amides is 1. The van der Waals surface area contributed by atoms with Gasteiger partial charge in [0, 0.05) is 18.5 Å². The SMILES string of the molecule is CC(C)CC1(C(=O)N2CC(C)CC(C(=O)O)C2)CCC1. The summed E-state index contributed by atoms with van der Waals surface area (Å²) in [6.45, 7) is 7.49. The predicted molar refractivity (Wildman–Crippen MR) is 77.2 cm³/mol. The van der Waals surface area contributed by atoms with E-state index in [4.69, 9.17) is 0 Å². The molecule has 1 N–H and O–H groups in total. The lowest BCUT2D eigenvalue weighted by atomic mass is 9.63. The number of carbonyl (C=O) groups is 2. The second-order valence-corrected chi connectivity index (χ2v) is 7.32. The van der Waals surface area contributed by atoms with E-state index in [0.29, 0.717) is 18.9 Å². The number of carboxylic acid groups (broad SMARTS) is 1. The van der Waals surface area contributed by atoms with E-state index in [2.05, 4.69) is 13.8 Å². The average Bonchev–Trinajstić information content (AvgIpc) is 2.31. The summed E-state index contributed by atoms with van der Waals surface area (Å²) in [5.74, 6) is -0.142. The lowest BCUT2D eigenvalue weighted by molar-refractivity contribution is -0.155. The highest BCUT2D eigenvalue weighted by Crippen LogP contribution is 2.47. The second-order valence-electron chi connectivity index (χ2n) is 7.32. The Morgan fingerprint density at radius 2 is 1.95 bits per heavy atom. The van der Waals surface area contributed by atoms with Crippen molar-refractivity contribution >= 4 is 11.9 Å². The maximum Gasteiger partial charge on any atom is 0.308 e. The van der Waals surface area contributed by atoms with Crippen LogP contribution < -0.4 is 0 Å². The van der Waals surface area contributed by atoms with Gasteiger partial charge in [-0.2, -0.15) is 0 Å². The van der Waals surface area contributed by atoms with Crippen molar-refractivity contribution in [2.24, 2.45) is 23.2 Å². The molecule has 1 aliphatic heterocycles. The van der Waals surface area contributed by atoms with E-state index < -0.39 is 5.97 Å². The lowest BCUT2D eigenvalue weighted by Crippen LogP contribution is -2.53. The zero-order valence-corrected chi connectivity index (χ0v) is 12.9. The van der Waals surface area contributed by atoms with Crippen LogP contribution in [0.4, 0.5) is 0 Å². The third-order valence-corrected chi connectivity index (χ3v) is 4.86. The molecule has 1 saturated carbocycles. The molecule has 0 aromatic heterocycles. The minimum atomic E-state index is -0.763. The van der Waals surface area contributed by atoms with E-state index in [-0.39, 0.29) is 23.2 Å². The summed E-state index contributed by atoms with van der Waals surface area (Å²) >= 11 is 0. The van der Waals surface area contributed by atoms with Crippen LogP contribution in [0.5, 0.6) is 0 Å². The first kappa shape index (κ1) is 15.3. The molecule has 2 fully saturated rings. The van der Waals surface area contributed by atoms with Crippen molar-refractivity contribution in [3.8, 4) is 0 Å². The summed E-state index contributed by atoms with van der Waals surface area (Å²) in [6.07, 6.45) is 4.72. The molecule has 0 bridgehead atoms. The first-order chi connectivity index (χ1) is 9.34. The van der Waals surface area contributed by atoms with Crippen LogP contribution >= 0.6 is 0 Å². The largest absolute Gasteiger partial charge is 0.481 e. The van der Waals surface area contributed by atoms with Crippen molar-refractivity contribution in [1.29, 1.82) is 0 Å². The molecule has 2 atom stereocenters. The predicted octanol–water partition coefficient (Wildman–Crippen LogP) is 2.77. The molecule has 4 heteroatoms. The number of nitrogens with zero attached hydrogens (tertiary/aromatic N) is 1. The molecule has 1 amide bonds. The molecule has 2 aliphatic rings. The molecule has 2 rings (SSSR count). The summed E-state index contributed by atoms with van der Waals surface area (Å²) in [6, 6.07) is 0. The molecule has 1 heterocycles. The van der Waals surface area contributed by atoms with Gasteiger partial charge in [0.1, 0.15) is 0 Å². The molecule has 0 spiro atoms. The number of rotatable bonds is 4. The Balaban J connectivity index is 2.09. The Morgan fingerprint density at radius 1 is 1.30 bits per heavy atom. The van der Waals surface area contributed by atoms with Crippen LogP contribution in [0.1, 0.15) is 52.9 Å². The fourth-order valence-corrected chi connectivity index (χ4v) is 3.92. The van der Waals surface area contributed by atoms with Crippen LogP contribution in [0.3, 0.4) is 0 Å². The fourth-order valence-electron chi connectivity index (χ4n) is 3.92. The maximum atomic E-state index is 12.9. The Morgan fingerprint density at radius 3 is 2.40 bits per heavy atom. The number of likely N-dealkylation sites (tertiary alicyclic amines) is 1. The molecule has 1 saturated heterocycles. The monoisotopic (exact) mass is 281 g/mol. The third kappa shape index (κ3) is 2.99. The van der Waals surface area contributed by atoms with E-state index in [0.717, 1.165) is 32.2 Å².